The molecule has 1 aliphatic rings. The molecular weight excluding hydrogens is 266 g/mol. The van der Waals surface area contributed by atoms with Gasteiger partial charge in [-0.25, -0.2) is 0 Å². The number of hydrogen-bond donors (Lipinski definition) is 0. The average Bonchev–Trinajstić information content (AvgIpc) is 2.56. The largest absolute Gasteiger partial charge is 0.374 e. The van der Waals surface area contributed by atoms with Crippen LogP contribution in [0, 0.1) is 0 Å². The van der Waals surface area contributed by atoms with Crippen molar-refractivity contribution >= 4 is 5.91 Å². The molecule has 5 heteroatoms. The minimum atomic E-state index is 0.0163. The van der Waals surface area contributed by atoms with Gasteiger partial charge in [0.1, 0.15) is 0 Å². The topological polar surface area (TPSA) is 55.3 Å². The minimum Gasteiger partial charge on any atom is -0.374 e. The lowest BCUT2D eigenvalue weighted by Crippen LogP contribution is -2.46. The first-order valence-electron chi connectivity index (χ1n) is 7.03. The van der Waals surface area contributed by atoms with Crippen molar-refractivity contribution in [2.45, 2.75) is 12.5 Å². The van der Waals surface area contributed by atoms with Gasteiger partial charge in [-0.05, 0) is 23.8 Å². The van der Waals surface area contributed by atoms with Gasteiger partial charge in [-0.15, -0.1) is 0 Å². The van der Waals surface area contributed by atoms with Gasteiger partial charge < -0.3 is 9.64 Å². The van der Waals surface area contributed by atoms with Gasteiger partial charge in [-0.3, -0.25) is 14.8 Å². The van der Waals surface area contributed by atoms with Crippen molar-refractivity contribution in [1.29, 1.82) is 0 Å². The number of nitrogens with zero attached hydrogens (tertiary/aromatic N) is 3. The van der Waals surface area contributed by atoms with Crippen LogP contribution in [0.15, 0.2) is 49.1 Å². The van der Waals surface area contributed by atoms with Gasteiger partial charge in [-0.1, -0.05) is 6.07 Å². The first-order valence-corrected chi connectivity index (χ1v) is 7.03. The summed E-state index contributed by atoms with van der Waals surface area (Å²) in [4.78, 5) is 22.4. The zero-order valence-electron chi connectivity index (χ0n) is 11.7. The molecule has 5 nitrogen and oxygen atoms in total. The van der Waals surface area contributed by atoms with E-state index in [0.29, 0.717) is 25.3 Å². The van der Waals surface area contributed by atoms with Crippen LogP contribution in [-0.2, 0) is 11.2 Å². The smallest absolute Gasteiger partial charge is 0.255 e. The van der Waals surface area contributed by atoms with Crippen molar-refractivity contribution in [1.82, 2.24) is 14.9 Å². The van der Waals surface area contributed by atoms with Crippen molar-refractivity contribution in [3.05, 3.63) is 60.2 Å². The molecule has 1 atom stereocenters. The predicted molar refractivity (Wildman–Crippen MR) is 77.8 cm³/mol. The summed E-state index contributed by atoms with van der Waals surface area (Å²) in [7, 11) is 0. The number of pyridine rings is 2. The van der Waals surface area contributed by atoms with E-state index in [1.165, 1.54) is 0 Å². The highest BCUT2D eigenvalue weighted by Crippen LogP contribution is 2.13. The van der Waals surface area contributed by atoms with Crippen LogP contribution in [0.1, 0.15) is 15.9 Å². The SMILES string of the molecule is O=C(c1cccnc1)N1CCOC(Cc2cccnc2)C1. The molecule has 0 bridgehead atoms. The van der Waals surface area contributed by atoms with Crippen LogP contribution in [0.4, 0.5) is 0 Å². The van der Waals surface area contributed by atoms with Crippen molar-refractivity contribution < 1.29 is 9.53 Å². The molecular formula is C16H17N3O2. The predicted octanol–water partition coefficient (Wildman–Crippen LogP) is 1.56. The fourth-order valence-electron chi connectivity index (χ4n) is 2.48. The van der Waals surface area contributed by atoms with Gasteiger partial charge in [0.05, 0.1) is 18.3 Å². The van der Waals surface area contributed by atoms with Crippen molar-refractivity contribution in [3.63, 3.8) is 0 Å². The summed E-state index contributed by atoms with van der Waals surface area (Å²) in [6, 6.07) is 7.51. The molecule has 1 saturated heterocycles. The highest BCUT2D eigenvalue weighted by molar-refractivity contribution is 5.93. The molecule has 3 heterocycles. The van der Waals surface area contributed by atoms with E-state index in [2.05, 4.69) is 9.97 Å². The van der Waals surface area contributed by atoms with Crippen LogP contribution in [0.5, 0.6) is 0 Å². The Hall–Kier alpha value is -2.27. The first kappa shape index (κ1) is 13.7. The third-order valence-electron chi connectivity index (χ3n) is 3.52. The number of aromatic nitrogens is 2. The molecule has 21 heavy (non-hydrogen) atoms. The molecule has 1 aliphatic heterocycles. The Bertz CT molecular complexity index is 589. The number of hydrogen-bond acceptors (Lipinski definition) is 4. The number of carbonyl (C=O) groups is 1. The average molecular weight is 283 g/mol. The monoisotopic (exact) mass is 283 g/mol. The Morgan fingerprint density at radius 1 is 1.24 bits per heavy atom. The molecule has 0 saturated carbocycles. The normalized spacial score (nSPS) is 18.5. The standard InChI is InChI=1S/C16H17N3O2/c20-16(14-4-2-6-18-11-14)19-7-8-21-15(12-19)9-13-3-1-5-17-10-13/h1-6,10-11,15H,7-9,12H2. The summed E-state index contributed by atoms with van der Waals surface area (Å²) < 4.78 is 5.76. The van der Waals surface area contributed by atoms with Gasteiger partial charge >= 0.3 is 0 Å². The number of rotatable bonds is 3. The molecule has 2 aromatic heterocycles. The number of carbonyl (C=O) groups excluding carboxylic acids is 1. The van der Waals surface area contributed by atoms with Gasteiger partial charge in [-0.2, -0.15) is 0 Å². The van der Waals surface area contributed by atoms with Crippen LogP contribution >= 0.6 is 0 Å². The van der Waals surface area contributed by atoms with Crippen LogP contribution in [0.2, 0.25) is 0 Å². The summed E-state index contributed by atoms with van der Waals surface area (Å²) in [5.41, 5.74) is 1.75. The maximum Gasteiger partial charge on any atom is 0.255 e. The van der Waals surface area contributed by atoms with E-state index in [9.17, 15) is 4.79 Å². The second-order valence-electron chi connectivity index (χ2n) is 5.05. The maximum atomic E-state index is 12.4. The van der Waals surface area contributed by atoms with E-state index in [-0.39, 0.29) is 12.0 Å². The molecule has 0 radical (unpaired) electrons. The lowest BCUT2D eigenvalue weighted by atomic mass is 10.1. The van der Waals surface area contributed by atoms with Crippen molar-refractivity contribution in [2.75, 3.05) is 19.7 Å². The molecule has 1 unspecified atom stereocenters. The Labute approximate surface area is 123 Å². The number of amides is 1. The molecule has 2 aromatic rings. The summed E-state index contributed by atoms with van der Waals surface area (Å²) in [6.45, 7) is 1.79. The van der Waals surface area contributed by atoms with E-state index in [4.69, 9.17) is 4.74 Å². The summed E-state index contributed by atoms with van der Waals surface area (Å²) >= 11 is 0. The maximum absolute atomic E-state index is 12.4. The van der Waals surface area contributed by atoms with E-state index in [1.54, 1.807) is 30.7 Å². The van der Waals surface area contributed by atoms with E-state index >= 15 is 0 Å². The van der Waals surface area contributed by atoms with E-state index in [0.717, 1.165) is 12.0 Å². The zero-order valence-corrected chi connectivity index (χ0v) is 11.7. The quantitative estimate of drug-likeness (QED) is 0.858. The highest BCUT2D eigenvalue weighted by atomic mass is 16.5. The Balaban J connectivity index is 1.64. The Kier molecular flexibility index (Phi) is 4.21. The zero-order chi connectivity index (χ0) is 14.5. The Morgan fingerprint density at radius 3 is 2.76 bits per heavy atom. The Morgan fingerprint density at radius 2 is 2.05 bits per heavy atom. The number of ether oxygens (including phenoxy) is 1. The highest BCUT2D eigenvalue weighted by Gasteiger charge is 2.25. The molecule has 1 fully saturated rings. The molecule has 3 rings (SSSR count). The van der Waals surface area contributed by atoms with Crippen LogP contribution in [0.3, 0.4) is 0 Å². The van der Waals surface area contributed by atoms with Crippen molar-refractivity contribution in [3.8, 4) is 0 Å². The lowest BCUT2D eigenvalue weighted by molar-refractivity contribution is -0.0208. The molecule has 0 N–H and O–H groups in total. The number of morpholine rings is 1. The van der Waals surface area contributed by atoms with Crippen LogP contribution in [-0.4, -0.2) is 46.6 Å². The first-order chi connectivity index (χ1) is 10.3. The summed E-state index contributed by atoms with van der Waals surface area (Å²) in [5, 5.41) is 0. The van der Waals surface area contributed by atoms with Gasteiger partial charge in [0.15, 0.2) is 0 Å². The minimum absolute atomic E-state index is 0.0163. The molecule has 0 spiro atoms. The second kappa shape index (κ2) is 6.45. The fraction of sp³-hybridized carbons (Fsp3) is 0.312. The third-order valence-corrected chi connectivity index (χ3v) is 3.52. The second-order valence-corrected chi connectivity index (χ2v) is 5.05. The van der Waals surface area contributed by atoms with Crippen molar-refractivity contribution in [2.24, 2.45) is 0 Å². The van der Waals surface area contributed by atoms with Gasteiger partial charge in [0, 0.05) is 44.3 Å². The van der Waals surface area contributed by atoms with Crippen LogP contribution in [0.25, 0.3) is 0 Å². The van der Waals surface area contributed by atoms with Crippen LogP contribution < -0.4 is 0 Å². The van der Waals surface area contributed by atoms with E-state index in [1.807, 2.05) is 23.2 Å². The summed E-state index contributed by atoms with van der Waals surface area (Å²) in [5.74, 6) is 0.0163. The van der Waals surface area contributed by atoms with Gasteiger partial charge in [0.25, 0.3) is 5.91 Å². The molecule has 108 valence electrons. The van der Waals surface area contributed by atoms with Gasteiger partial charge in [0.2, 0.25) is 0 Å². The summed E-state index contributed by atoms with van der Waals surface area (Å²) in [6.07, 6.45) is 7.65. The lowest BCUT2D eigenvalue weighted by Gasteiger charge is -2.33. The molecule has 0 aromatic carbocycles. The van der Waals surface area contributed by atoms with E-state index < -0.39 is 0 Å². The third kappa shape index (κ3) is 3.44. The molecule has 0 aliphatic carbocycles. The molecule has 1 amide bonds. The fourth-order valence-corrected chi connectivity index (χ4v) is 2.48.